The smallest absolute Gasteiger partial charge is 0.135 e. The highest BCUT2D eigenvalue weighted by Crippen LogP contribution is 2.47. The van der Waals surface area contributed by atoms with Gasteiger partial charge in [-0.15, -0.1) is 0 Å². The van der Waals surface area contributed by atoms with Crippen molar-refractivity contribution in [1.29, 1.82) is 0 Å². The summed E-state index contributed by atoms with van der Waals surface area (Å²) in [4.78, 5) is 0. The molecule has 0 aliphatic carbocycles. The third kappa shape index (κ3) is 1.97. The maximum atomic E-state index is 6.32. The van der Waals surface area contributed by atoms with Crippen LogP contribution < -0.4 is 4.74 Å². The molecule has 0 saturated carbocycles. The van der Waals surface area contributed by atoms with Gasteiger partial charge in [-0.25, -0.2) is 0 Å². The zero-order chi connectivity index (χ0) is 17.0. The minimum Gasteiger partial charge on any atom is -0.486 e. The number of rotatable bonds is 2. The number of pyridine rings is 1. The SMILES string of the molecule is CCCc1c2c(n3ccccc13)COc1c-2c(C)cc2ccccc12. The molecule has 0 unspecified atom stereocenters. The lowest BCUT2D eigenvalue weighted by molar-refractivity contribution is 0.300. The molecule has 3 heterocycles. The van der Waals surface area contributed by atoms with Crippen molar-refractivity contribution in [2.75, 3.05) is 0 Å². The predicted octanol–water partition coefficient (Wildman–Crippen LogP) is 5.91. The van der Waals surface area contributed by atoms with Crippen molar-refractivity contribution in [3.05, 3.63) is 71.5 Å². The Morgan fingerprint density at radius 1 is 1.04 bits per heavy atom. The van der Waals surface area contributed by atoms with Gasteiger partial charge in [0, 0.05) is 28.2 Å². The van der Waals surface area contributed by atoms with E-state index in [9.17, 15) is 0 Å². The van der Waals surface area contributed by atoms with Crippen LogP contribution in [0, 0.1) is 6.92 Å². The molecule has 0 spiro atoms. The van der Waals surface area contributed by atoms with Crippen LogP contribution in [0.15, 0.2) is 54.7 Å². The van der Waals surface area contributed by atoms with Crippen molar-refractivity contribution in [1.82, 2.24) is 4.40 Å². The molecule has 2 aromatic carbocycles. The molecule has 4 aromatic rings. The standard InChI is InChI=1S/C23H21NO/c1-3-8-18-19-11-6-7-12-24(19)20-14-25-23-17-10-5-4-9-16(17)13-15(2)21(23)22(18)20/h4-7,9-13H,3,8,14H2,1-2H3. The summed E-state index contributed by atoms with van der Waals surface area (Å²) in [6.07, 6.45) is 4.40. The molecule has 2 heteroatoms. The predicted molar refractivity (Wildman–Crippen MR) is 103 cm³/mol. The van der Waals surface area contributed by atoms with E-state index in [4.69, 9.17) is 4.74 Å². The van der Waals surface area contributed by atoms with Crippen LogP contribution in [0.25, 0.3) is 27.4 Å². The molecule has 1 aliphatic rings. The monoisotopic (exact) mass is 327 g/mol. The second-order valence-electron chi connectivity index (χ2n) is 6.91. The highest BCUT2D eigenvalue weighted by Gasteiger charge is 2.28. The molecular formula is C23H21NO. The van der Waals surface area contributed by atoms with E-state index in [0.29, 0.717) is 6.61 Å². The van der Waals surface area contributed by atoms with Gasteiger partial charge in [-0.2, -0.15) is 0 Å². The summed E-state index contributed by atoms with van der Waals surface area (Å²) in [5.41, 5.74) is 8.04. The van der Waals surface area contributed by atoms with E-state index >= 15 is 0 Å². The van der Waals surface area contributed by atoms with Crippen LogP contribution in [0.2, 0.25) is 0 Å². The summed E-state index contributed by atoms with van der Waals surface area (Å²) in [6, 6.07) is 17.3. The number of benzene rings is 2. The normalized spacial score (nSPS) is 12.9. The van der Waals surface area contributed by atoms with Crippen LogP contribution in [0.1, 0.15) is 30.2 Å². The topological polar surface area (TPSA) is 13.6 Å². The van der Waals surface area contributed by atoms with Crippen molar-refractivity contribution < 1.29 is 4.74 Å². The lowest BCUT2D eigenvalue weighted by Gasteiger charge is -2.23. The summed E-state index contributed by atoms with van der Waals surface area (Å²) in [5.74, 6) is 1.05. The highest BCUT2D eigenvalue weighted by molar-refractivity contribution is 5.99. The first-order valence-electron chi connectivity index (χ1n) is 9.06. The van der Waals surface area contributed by atoms with E-state index in [1.165, 1.54) is 44.2 Å². The Labute approximate surface area is 147 Å². The molecule has 0 amide bonds. The molecule has 2 nitrogen and oxygen atoms in total. The highest BCUT2D eigenvalue weighted by atomic mass is 16.5. The third-order valence-electron chi connectivity index (χ3n) is 5.35. The number of ether oxygens (including phenoxy) is 1. The fraction of sp³-hybridized carbons (Fsp3) is 0.217. The van der Waals surface area contributed by atoms with Crippen LogP contribution in [0.5, 0.6) is 5.75 Å². The second kappa shape index (κ2) is 5.38. The van der Waals surface area contributed by atoms with E-state index in [1.54, 1.807) is 0 Å². The first-order valence-corrected chi connectivity index (χ1v) is 9.06. The fourth-order valence-corrected chi connectivity index (χ4v) is 4.34. The molecule has 2 aromatic heterocycles. The van der Waals surface area contributed by atoms with Gasteiger partial charge in [0.2, 0.25) is 0 Å². The van der Waals surface area contributed by atoms with Crippen LogP contribution in [0.3, 0.4) is 0 Å². The van der Waals surface area contributed by atoms with Crippen molar-refractivity contribution in [3.63, 3.8) is 0 Å². The van der Waals surface area contributed by atoms with Gasteiger partial charge in [0.25, 0.3) is 0 Å². The van der Waals surface area contributed by atoms with Gasteiger partial charge in [-0.1, -0.05) is 49.7 Å². The fourth-order valence-electron chi connectivity index (χ4n) is 4.34. The average Bonchev–Trinajstić information content (AvgIpc) is 2.96. The van der Waals surface area contributed by atoms with Gasteiger partial charge in [-0.05, 0) is 42.0 Å². The Balaban J connectivity index is 1.93. The van der Waals surface area contributed by atoms with Crippen LogP contribution in [-0.2, 0) is 13.0 Å². The molecule has 0 atom stereocenters. The number of hydrogen-bond donors (Lipinski definition) is 0. The van der Waals surface area contributed by atoms with Crippen molar-refractivity contribution in [2.24, 2.45) is 0 Å². The van der Waals surface area contributed by atoms with Gasteiger partial charge in [0.1, 0.15) is 12.4 Å². The van der Waals surface area contributed by atoms with Crippen LogP contribution >= 0.6 is 0 Å². The van der Waals surface area contributed by atoms with Crippen molar-refractivity contribution in [3.8, 4) is 16.9 Å². The Morgan fingerprint density at radius 3 is 2.76 bits per heavy atom. The third-order valence-corrected chi connectivity index (χ3v) is 5.35. The van der Waals surface area contributed by atoms with Gasteiger partial charge in [0.15, 0.2) is 0 Å². The van der Waals surface area contributed by atoms with E-state index in [1.807, 2.05) is 0 Å². The van der Waals surface area contributed by atoms with Gasteiger partial charge in [0.05, 0.1) is 5.69 Å². The first-order chi connectivity index (χ1) is 12.3. The number of fused-ring (bicyclic) bond motifs is 7. The molecule has 0 fully saturated rings. The van der Waals surface area contributed by atoms with E-state index in [2.05, 4.69) is 73.0 Å². The largest absolute Gasteiger partial charge is 0.486 e. The zero-order valence-corrected chi connectivity index (χ0v) is 14.7. The summed E-state index contributed by atoms with van der Waals surface area (Å²) >= 11 is 0. The molecule has 0 N–H and O–H groups in total. The van der Waals surface area contributed by atoms with Crippen molar-refractivity contribution in [2.45, 2.75) is 33.3 Å². The molecule has 0 saturated heterocycles. The van der Waals surface area contributed by atoms with Crippen LogP contribution in [0.4, 0.5) is 0 Å². The van der Waals surface area contributed by atoms with Gasteiger partial charge >= 0.3 is 0 Å². The van der Waals surface area contributed by atoms with E-state index in [-0.39, 0.29) is 0 Å². The average molecular weight is 327 g/mol. The lowest BCUT2D eigenvalue weighted by Crippen LogP contribution is -2.09. The molecule has 0 radical (unpaired) electrons. The lowest BCUT2D eigenvalue weighted by atomic mass is 9.90. The molecule has 124 valence electrons. The number of aryl methyl sites for hydroxylation is 2. The van der Waals surface area contributed by atoms with Crippen LogP contribution in [-0.4, -0.2) is 4.40 Å². The Bertz CT molecular complexity index is 1120. The van der Waals surface area contributed by atoms with E-state index < -0.39 is 0 Å². The Kier molecular flexibility index (Phi) is 3.14. The molecule has 5 rings (SSSR count). The Hall–Kier alpha value is -2.74. The quantitative estimate of drug-likeness (QED) is 0.446. The molecule has 0 bridgehead atoms. The Morgan fingerprint density at radius 2 is 1.88 bits per heavy atom. The summed E-state index contributed by atoms with van der Waals surface area (Å²) in [5, 5.41) is 2.47. The maximum absolute atomic E-state index is 6.32. The summed E-state index contributed by atoms with van der Waals surface area (Å²) in [6.45, 7) is 5.10. The number of hydrogen-bond acceptors (Lipinski definition) is 1. The summed E-state index contributed by atoms with van der Waals surface area (Å²) in [7, 11) is 0. The zero-order valence-electron chi connectivity index (χ0n) is 14.7. The van der Waals surface area contributed by atoms with Crippen molar-refractivity contribution >= 4 is 16.3 Å². The first kappa shape index (κ1) is 14.6. The van der Waals surface area contributed by atoms with Gasteiger partial charge < -0.3 is 9.14 Å². The molecular weight excluding hydrogens is 306 g/mol. The van der Waals surface area contributed by atoms with Gasteiger partial charge in [-0.3, -0.25) is 0 Å². The molecule has 25 heavy (non-hydrogen) atoms. The number of nitrogens with zero attached hydrogens (tertiary/aromatic N) is 1. The maximum Gasteiger partial charge on any atom is 0.135 e. The minimum atomic E-state index is 0.630. The van der Waals surface area contributed by atoms with E-state index in [0.717, 1.165) is 18.6 Å². The summed E-state index contributed by atoms with van der Waals surface area (Å²) < 4.78 is 8.64. The molecule has 1 aliphatic heterocycles. The minimum absolute atomic E-state index is 0.630. The number of aromatic nitrogens is 1. The second-order valence-corrected chi connectivity index (χ2v) is 6.91.